The summed E-state index contributed by atoms with van der Waals surface area (Å²) in [6.07, 6.45) is 3.41. The van der Waals surface area contributed by atoms with E-state index in [-0.39, 0.29) is 0 Å². The molecule has 11 heavy (non-hydrogen) atoms. The number of hydrogen-bond acceptors (Lipinski definition) is 2. The molecule has 0 aliphatic heterocycles. The zero-order valence-electron chi connectivity index (χ0n) is 7.89. The molecular weight excluding hydrogens is 138 g/mol. The molecule has 0 amide bonds. The molecule has 0 aromatic rings. The summed E-state index contributed by atoms with van der Waals surface area (Å²) in [6.45, 7) is 7.88. The van der Waals surface area contributed by atoms with Gasteiger partial charge in [0.15, 0.2) is 5.90 Å². The molecule has 0 aromatic heterocycles. The summed E-state index contributed by atoms with van der Waals surface area (Å²) < 4.78 is 5.29. The van der Waals surface area contributed by atoms with Crippen molar-refractivity contribution in [2.75, 3.05) is 13.2 Å². The SMILES string of the molecule is CCCCN=C(C)OCCC. The third-order valence-electron chi connectivity index (χ3n) is 1.36. The van der Waals surface area contributed by atoms with Crippen molar-refractivity contribution in [1.82, 2.24) is 0 Å². The van der Waals surface area contributed by atoms with Crippen molar-refractivity contribution in [3.63, 3.8) is 0 Å². The number of unbranched alkanes of at least 4 members (excludes halogenated alkanes) is 1. The molecule has 2 nitrogen and oxygen atoms in total. The van der Waals surface area contributed by atoms with Crippen LogP contribution in [-0.4, -0.2) is 19.0 Å². The van der Waals surface area contributed by atoms with E-state index < -0.39 is 0 Å². The van der Waals surface area contributed by atoms with Crippen LogP contribution in [-0.2, 0) is 4.74 Å². The van der Waals surface area contributed by atoms with Gasteiger partial charge >= 0.3 is 0 Å². The third-order valence-corrected chi connectivity index (χ3v) is 1.36. The maximum atomic E-state index is 5.29. The second-order valence-electron chi connectivity index (χ2n) is 2.60. The number of rotatable bonds is 5. The van der Waals surface area contributed by atoms with Crippen molar-refractivity contribution in [3.8, 4) is 0 Å². The van der Waals surface area contributed by atoms with Crippen LogP contribution in [0.1, 0.15) is 40.0 Å². The minimum Gasteiger partial charge on any atom is -0.481 e. The largest absolute Gasteiger partial charge is 0.481 e. The van der Waals surface area contributed by atoms with Crippen molar-refractivity contribution in [2.24, 2.45) is 4.99 Å². The van der Waals surface area contributed by atoms with Gasteiger partial charge in [-0.2, -0.15) is 0 Å². The van der Waals surface area contributed by atoms with Crippen LogP contribution in [0.5, 0.6) is 0 Å². The monoisotopic (exact) mass is 157 g/mol. The Balaban J connectivity index is 3.30. The molecule has 66 valence electrons. The van der Waals surface area contributed by atoms with Crippen molar-refractivity contribution >= 4 is 5.90 Å². The summed E-state index contributed by atoms with van der Waals surface area (Å²) >= 11 is 0. The number of ether oxygens (including phenoxy) is 1. The first-order valence-electron chi connectivity index (χ1n) is 4.45. The van der Waals surface area contributed by atoms with Crippen molar-refractivity contribution < 1.29 is 4.74 Å². The van der Waals surface area contributed by atoms with Crippen molar-refractivity contribution in [2.45, 2.75) is 40.0 Å². The number of aliphatic imine (C=N–C) groups is 1. The minimum atomic E-state index is 0.793. The topological polar surface area (TPSA) is 21.6 Å². The summed E-state index contributed by atoms with van der Waals surface area (Å²) in [7, 11) is 0. The van der Waals surface area contributed by atoms with E-state index in [9.17, 15) is 0 Å². The maximum Gasteiger partial charge on any atom is 0.179 e. The normalized spacial score (nSPS) is 11.7. The second kappa shape index (κ2) is 7.58. The van der Waals surface area contributed by atoms with Gasteiger partial charge in [-0.25, -0.2) is 0 Å². The Hall–Kier alpha value is -0.530. The highest BCUT2D eigenvalue weighted by Gasteiger charge is 1.88. The lowest BCUT2D eigenvalue weighted by molar-refractivity contribution is 0.300. The molecule has 0 radical (unpaired) electrons. The second-order valence-corrected chi connectivity index (χ2v) is 2.60. The Kier molecular flexibility index (Phi) is 7.21. The standard InChI is InChI=1S/C9H19NO/c1-4-6-7-10-9(3)11-8-5-2/h4-8H2,1-3H3. The van der Waals surface area contributed by atoms with Crippen molar-refractivity contribution in [3.05, 3.63) is 0 Å². The Morgan fingerprint density at radius 2 is 2.00 bits per heavy atom. The average Bonchev–Trinajstić information content (AvgIpc) is 2.01. The van der Waals surface area contributed by atoms with Gasteiger partial charge < -0.3 is 4.74 Å². The molecule has 0 fully saturated rings. The summed E-state index contributed by atoms with van der Waals surface area (Å²) in [6, 6.07) is 0. The van der Waals surface area contributed by atoms with Crippen molar-refractivity contribution in [1.29, 1.82) is 0 Å². The van der Waals surface area contributed by atoms with E-state index in [4.69, 9.17) is 4.74 Å². The molecule has 0 rings (SSSR count). The molecule has 0 saturated carbocycles. The minimum absolute atomic E-state index is 0.793. The predicted molar refractivity (Wildman–Crippen MR) is 49.1 cm³/mol. The van der Waals surface area contributed by atoms with Crippen LogP contribution in [0.15, 0.2) is 4.99 Å². The molecule has 0 saturated heterocycles. The molecular formula is C9H19NO. The molecule has 0 bridgehead atoms. The maximum absolute atomic E-state index is 5.29. The van der Waals surface area contributed by atoms with Gasteiger partial charge in [-0.15, -0.1) is 0 Å². The van der Waals surface area contributed by atoms with Crippen LogP contribution in [0, 0.1) is 0 Å². The first kappa shape index (κ1) is 10.5. The van der Waals surface area contributed by atoms with E-state index in [0.717, 1.165) is 31.9 Å². The highest BCUT2D eigenvalue weighted by molar-refractivity contribution is 5.72. The predicted octanol–water partition coefficient (Wildman–Crippen LogP) is 2.63. The zero-order valence-corrected chi connectivity index (χ0v) is 7.89. The van der Waals surface area contributed by atoms with Crippen LogP contribution in [0.3, 0.4) is 0 Å². The van der Waals surface area contributed by atoms with E-state index >= 15 is 0 Å². The molecule has 0 aromatic carbocycles. The lowest BCUT2D eigenvalue weighted by Crippen LogP contribution is -2.01. The van der Waals surface area contributed by atoms with Gasteiger partial charge in [0.25, 0.3) is 0 Å². The van der Waals surface area contributed by atoms with Gasteiger partial charge in [0.2, 0.25) is 0 Å². The number of nitrogens with zero attached hydrogens (tertiary/aromatic N) is 1. The molecule has 0 spiro atoms. The average molecular weight is 157 g/mol. The van der Waals surface area contributed by atoms with Crippen LogP contribution in [0.4, 0.5) is 0 Å². The van der Waals surface area contributed by atoms with Crippen LogP contribution in [0.25, 0.3) is 0 Å². The molecule has 0 unspecified atom stereocenters. The lowest BCUT2D eigenvalue weighted by atomic mass is 10.3. The molecule has 0 atom stereocenters. The van der Waals surface area contributed by atoms with Gasteiger partial charge in [0, 0.05) is 13.5 Å². The highest BCUT2D eigenvalue weighted by Crippen LogP contribution is 1.90. The zero-order chi connectivity index (χ0) is 8.53. The Morgan fingerprint density at radius 3 is 2.55 bits per heavy atom. The summed E-state index contributed by atoms with van der Waals surface area (Å²) in [5, 5.41) is 0. The third kappa shape index (κ3) is 7.37. The van der Waals surface area contributed by atoms with Gasteiger partial charge in [-0.1, -0.05) is 20.3 Å². The van der Waals surface area contributed by atoms with Crippen LogP contribution >= 0.6 is 0 Å². The Bertz CT molecular complexity index is 110. The van der Waals surface area contributed by atoms with E-state index in [1.807, 2.05) is 6.92 Å². The summed E-state index contributed by atoms with van der Waals surface area (Å²) in [5.74, 6) is 0.834. The van der Waals surface area contributed by atoms with Gasteiger partial charge in [0.05, 0.1) is 6.61 Å². The summed E-state index contributed by atoms with van der Waals surface area (Å²) in [5.41, 5.74) is 0. The summed E-state index contributed by atoms with van der Waals surface area (Å²) in [4.78, 5) is 4.25. The first-order chi connectivity index (χ1) is 5.31. The fraction of sp³-hybridized carbons (Fsp3) is 0.889. The smallest absolute Gasteiger partial charge is 0.179 e. The molecule has 2 heteroatoms. The Morgan fingerprint density at radius 1 is 1.27 bits per heavy atom. The lowest BCUT2D eigenvalue weighted by Gasteiger charge is -2.02. The number of hydrogen-bond donors (Lipinski definition) is 0. The van der Waals surface area contributed by atoms with Crippen LogP contribution in [0.2, 0.25) is 0 Å². The molecule has 0 N–H and O–H groups in total. The van der Waals surface area contributed by atoms with E-state index in [2.05, 4.69) is 18.8 Å². The van der Waals surface area contributed by atoms with Gasteiger partial charge in [-0.3, -0.25) is 4.99 Å². The Labute approximate surface area is 69.7 Å². The van der Waals surface area contributed by atoms with E-state index in [1.165, 1.54) is 6.42 Å². The first-order valence-corrected chi connectivity index (χ1v) is 4.45. The van der Waals surface area contributed by atoms with Gasteiger partial charge in [0.1, 0.15) is 0 Å². The van der Waals surface area contributed by atoms with E-state index in [1.54, 1.807) is 0 Å². The van der Waals surface area contributed by atoms with Gasteiger partial charge in [-0.05, 0) is 12.8 Å². The molecule has 0 aliphatic rings. The highest BCUT2D eigenvalue weighted by atomic mass is 16.5. The molecule has 0 heterocycles. The fourth-order valence-corrected chi connectivity index (χ4v) is 0.690. The van der Waals surface area contributed by atoms with E-state index in [0.29, 0.717) is 0 Å². The van der Waals surface area contributed by atoms with Crippen LogP contribution < -0.4 is 0 Å². The fourth-order valence-electron chi connectivity index (χ4n) is 0.690. The quantitative estimate of drug-likeness (QED) is 0.341. The molecule has 0 aliphatic carbocycles.